The number of amides is 1. The molecule has 28 heavy (non-hydrogen) atoms. The topological polar surface area (TPSA) is 114 Å². The van der Waals surface area contributed by atoms with Crippen molar-refractivity contribution in [2.75, 3.05) is 6.61 Å². The highest BCUT2D eigenvalue weighted by atomic mass is 16.5. The predicted molar refractivity (Wildman–Crippen MR) is 101 cm³/mol. The van der Waals surface area contributed by atoms with Gasteiger partial charge in [0.05, 0.1) is 17.9 Å². The van der Waals surface area contributed by atoms with E-state index < -0.39 is 0 Å². The Hall–Kier alpha value is -4.01. The monoisotopic (exact) mass is 376 g/mol. The van der Waals surface area contributed by atoms with Gasteiger partial charge in [0.25, 0.3) is 11.5 Å². The minimum absolute atomic E-state index is 0.115. The van der Waals surface area contributed by atoms with Gasteiger partial charge in [-0.1, -0.05) is 6.07 Å². The molecule has 4 heterocycles. The second kappa shape index (κ2) is 7.70. The number of hydrogen-bond acceptors (Lipinski definition) is 6. The van der Waals surface area contributed by atoms with Crippen molar-refractivity contribution >= 4 is 11.6 Å². The Morgan fingerprint density at radius 1 is 1.18 bits per heavy atom. The number of H-pyrrole nitrogens is 1. The van der Waals surface area contributed by atoms with Gasteiger partial charge < -0.3 is 10.1 Å². The Morgan fingerprint density at radius 3 is 2.89 bits per heavy atom. The number of carbonyl (C=O) groups excluding carboxylic acids is 1. The summed E-state index contributed by atoms with van der Waals surface area (Å²) in [5.41, 5.74) is 2.21. The lowest BCUT2D eigenvalue weighted by Gasteiger charge is -2.06. The molecule has 0 saturated carbocycles. The molecule has 0 unspecified atom stereocenters. The number of nitrogens with zero attached hydrogens (tertiary/aromatic N) is 4. The molecule has 0 aliphatic rings. The van der Waals surface area contributed by atoms with Crippen LogP contribution in [0.2, 0.25) is 0 Å². The molecule has 2 N–H and O–H groups in total. The summed E-state index contributed by atoms with van der Waals surface area (Å²) in [4.78, 5) is 36.7. The summed E-state index contributed by atoms with van der Waals surface area (Å²) in [5.74, 6) is 0.0310. The van der Waals surface area contributed by atoms with E-state index in [9.17, 15) is 9.59 Å². The van der Waals surface area contributed by atoms with Gasteiger partial charge in [-0.15, -0.1) is 0 Å². The van der Waals surface area contributed by atoms with E-state index >= 15 is 0 Å². The molecule has 0 aliphatic carbocycles. The summed E-state index contributed by atoms with van der Waals surface area (Å²) in [6.45, 7) is -0.0584. The molecule has 140 valence electrons. The van der Waals surface area contributed by atoms with Crippen LogP contribution in [-0.4, -0.2) is 37.1 Å². The van der Waals surface area contributed by atoms with Gasteiger partial charge in [-0.05, 0) is 18.2 Å². The highest BCUT2D eigenvalue weighted by Gasteiger charge is 2.09. The normalized spacial score (nSPS) is 10.7. The molecule has 0 spiro atoms. The van der Waals surface area contributed by atoms with Crippen LogP contribution in [0.5, 0.6) is 5.88 Å². The van der Waals surface area contributed by atoms with E-state index in [1.807, 2.05) is 12.1 Å². The van der Waals surface area contributed by atoms with E-state index in [2.05, 4.69) is 25.4 Å². The van der Waals surface area contributed by atoms with E-state index in [4.69, 9.17) is 4.74 Å². The van der Waals surface area contributed by atoms with E-state index in [1.54, 1.807) is 42.9 Å². The maximum Gasteiger partial charge on any atom is 0.272 e. The summed E-state index contributed by atoms with van der Waals surface area (Å²) < 4.78 is 6.63. The molecule has 0 fully saturated rings. The number of aromatic nitrogens is 5. The summed E-state index contributed by atoms with van der Waals surface area (Å²) >= 11 is 0. The Kier molecular flexibility index (Phi) is 4.79. The maximum absolute atomic E-state index is 12.3. The minimum atomic E-state index is -0.335. The average molecular weight is 376 g/mol. The highest BCUT2D eigenvalue weighted by Crippen LogP contribution is 2.16. The van der Waals surface area contributed by atoms with Gasteiger partial charge in [0, 0.05) is 42.4 Å². The quantitative estimate of drug-likeness (QED) is 0.522. The first kappa shape index (κ1) is 17.4. The summed E-state index contributed by atoms with van der Waals surface area (Å²) in [6, 6.07) is 12.0. The second-order valence-electron chi connectivity index (χ2n) is 5.92. The molecule has 4 rings (SSSR count). The minimum Gasteiger partial charge on any atom is -0.468 e. The van der Waals surface area contributed by atoms with Crippen LogP contribution >= 0.6 is 0 Å². The Labute approximate surface area is 159 Å². The number of carbonyl (C=O) groups is 1. The molecule has 0 aliphatic heterocycles. The fraction of sp³-hybridized carbons (Fsp3) is 0.105. The Morgan fingerprint density at radius 2 is 2.11 bits per heavy atom. The number of nitrogens with one attached hydrogen (secondary N) is 2. The zero-order valence-electron chi connectivity index (χ0n) is 14.7. The van der Waals surface area contributed by atoms with Crippen LogP contribution in [0.15, 0.2) is 65.8 Å². The van der Waals surface area contributed by atoms with Crippen molar-refractivity contribution in [3.05, 3.63) is 77.1 Å². The van der Waals surface area contributed by atoms with E-state index in [0.717, 1.165) is 11.3 Å². The third-order valence-electron chi connectivity index (χ3n) is 3.93. The van der Waals surface area contributed by atoms with Crippen molar-refractivity contribution in [3.63, 3.8) is 0 Å². The van der Waals surface area contributed by atoms with Crippen molar-refractivity contribution in [1.82, 2.24) is 29.9 Å². The lowest BCUT2D eigenvalue weighted by Crippen LogP contribution is -2.29. The standard InChI is InChI=1S/C19H16N6O3/c26-17(12-28-18-5-1-2-7-21-18)22-11-14-8-19(27)25-16(23-14)9-15(24-25)13-4-3-6-20-10-13/h1-10,24H,11-12H2,(H,22,26). The van der Waals surface area contributed by atoms with Gasteiger partial charge in [0.1, 0.15) is 0 Å². The molecular formula is C19H16N6O3. The first-order chi connectivity index (χ1) is 13.7. The van der Waals surface area contributed by atoms with E-state index in [-0.39, 0.29) is 24.6 Å². The maximum atomic E-state index is 12.3. The zero-order chi connectivity index (χ0) is 19.3. The van der Waals surface area contributed by atoms with E-state index in [0.29, 0.717) is 17.2 Å². The van der Waals surface area contributed by atoms with Crippen molar-refractivity contribution in [3.8, 4) is 17.1 Å². The summed E-state index contributed by atoms with van der Waals surface area (Å²) in [7, 11) is 0. The lowest BCUT2D eigenvalue weighted by atomic mass is 10.2. The molecule has 0 bridgehead atoms. The van der Waals surface area contributed by atoms with Crippen LogP contribution in [0.1, 0.15) is 5.69 Å². The molecule has 0 radical (unpaired) electrons. The van der Waals surface area contributed by atoms with Crippen LogP contribution < -0.4 is 15.6 Å². The Bertz CT molecular complexity index is 1150. The van der Waals surface area contributed by atoms with E-state index in [1.165, 1.54) is 10.6 Å². The number of hydrogen-bond donors (Lipinski definition) is 2. The van der Waals surface area contributed by atoms with Crippen molar-refractivity contribution in [2.45, 2.75) is 6.54 Å². The number of pyridine rings is 2. The third kappa shape index (κ3) is 3.88. The fourth-order valence-electron chi connectivity index (χ4n) is 2.61. The lowest BCUT2D eigenvalue weighted by molar-refractivity contribution is -0.123. The summed E-state index contributed by atoms with van der Waals surface area (Å²) in [6.07, 6.45) is 4.95. The van der Waals surface area contributed by atoms with Crippen LogP contribution in [0, 0.1) is 0 Å². The number of aromatic amines is 1. The third-order valence-corrected chi connectivity index (χ3v) is 3.93. The predicted octanol–water partition coefficient (Wildman–Crippen LogP) is 1.17. The van der Waals surface area contributed by atoms with Gasteiger partial charge in [-0.3, -0.25) is 19.7 Å². The van der Waals surface area contributed by atoms with Gasteiger partial charge >= 0.3 is 0 Å². The molecule has 1 amide bonds. The fourth-order valence-corrected chi connectivity index (χ4v) is 2.61. The van der Waals surface area contributed by atoms with Crippen LogP contribution in [0.4, 0.5) is 0 Å². The molecule has 0 saturated heterocycles. The molecule has 4 aromatic heterocycles. The largest absolute Gasteiger partial charge is 0.468 e. The van der Waals surface area contributed by atoms with Gasteiger partial charge in [0.15, 0.2) is 12.3 Å². The van der Waals surface area contributed by atoms with Crippen molar-refractivity contribution in [1.29, 1.82) is 0 Å². The molecule has 4 aromatic rings. The smallest absolute Gasteiger partial charge is 0.272 e. The van der Waals surface area contributed by atoms with Crippen molar-refractivity contribution in [2.24, 2.45) is 0 Å². The molecule has 9 nitrogen and oxygen atoms in total. The van der Waals surface area contributed by atoms with Crippen LogP contribution in [0.25, 0.3) is 16.9 Å². The van der Waals surface area contributed by atoms with Gasteiger partial charge in [-0.2, -0.15) is 0 Å². The van der Waals surface area contributed by atoms with Crippen LogP contribution in [0.3, 0.4) is 0 Å². The molecule has 0 aromatic carbocycles. The zero-order valence-corrected chi connectivity index (χ0v) is 14.7. The average Bonchev–Trinajstić information content (AvgIpc) is 3.17. The highest BCUT2D eigenvalue weighted by molar-refractivity contribution is 5.77. The van der Waals surface area contributed by atoms with Crippen LogP contribution in [-0.2, 0) is 11.3 Å². The molecule has 9 heteroatoms. The number of fused-ring (bicyclic) bond motifs is 1. The second-order valence-corrected chi connectivity index (χ2v) is 5.92. The first-order valence-corrected chi connectivity index (χ1v) is 8.52. The SMILES string of the molecule is O=C(COc1ccccn1)NCc1cc(=O)n2[nH]c(-c3cccnc3)cc2n1. The molecule has 0 atom stereocenters. The molecular weight excluding hydrogens is 360 g/mol. The van der Waals surface area contributed by atoms with Gasteiger partial charge in [-0.25, -0.2) is 14.5 Å². The number of ether oxygens (including phenoxy) is 1. The number of rotatable bonds is 6. The first-order valence-electron chi connectivity index (χ1n) is 8.52. The van der Waals surface area contributed by atoms with Crippen molar-refractivity contribution < 1.29 is 9.53 Å². The summed E-state index contributed by atoms with van der Waals surface area (Å²) in [5, 5.41) is 5.68. The van der Waals surface area contributed by atoms with Gasteiger partial charge in [0.2, 0.25) is 5.88 Å². The Balaban J connectivity index is 1.44.